The average molecular weight is 249 g/mol. The highest BCUT2D eigenvalue weighted by atomic mass is 16.5. The smallest absolute Gasteiger partial charge is 0.105 e. The molecule has 2 saturated heterocycles. The van der Waals surface area contributed by atoms with Gasteiger partial charge in [-0.1, -0.05) is 0 Å². The first-order chi connectivity index (χ1) is 8.63. The molecule has 3 rings (SSSR count). The molecule has 3 heteroatoms. The molecule has 0 amide bonds. The van der Waals surface area contributed by atoms with Crippen molar-refractivity contribution in [3.8, 4) is 0 Å². The summed E-state index contributed by atoms with van der Waals surface area (Å²) in [4.78, 5) is 0. The molecule has 2 aliphatic rings. The van der Waals surface area contributed by atoms with Gasteiger partial charge in [-0.3, -0.25) is 0 Å². The Morgan fingerprint density at radius 3 is 2.78 bits per heavy atom. The molecule has 3 nitrogen and oxygen atoms in total. The van der Waals surface area contributed by atoms with E-state index in [4.69, 9.17) is 9.15 Å². The maximum atomic E-state index is 5.89. The van der Waals surface area contributed by atoms with Crippen LogP contribution in [0.3, 0.4) is 0 Å². The van der Waals surface area contributed by atoms with E-state index in [1.54, 1.807) is 0 Å². The number of furan rings is 1. The van der Waals surface area contributed by atoms with Crippen LogP contribution >= 0.6 is 0 Å². The number of aryl methyl sites for hydroxylation is 2. The fourth-order valence-electron chi connectivity index (χ4n) is 3.48. The van der Waals surface area contributed by atoms with E-state index in [2.05, 4.69) is 18.3 Å². The summed E-state index contributed by atoms with van der Waals surface area (Å²) in [6, 6.07) is 2.51. The summed E-state index contributed by atoms with van der Waals surface area (Å²) in [7, 11) is 0. The van der Waals surface area contributed by atoms with Crippen molar-refractivity contribution in [1.82, 2.24) is 5.32 Å². The largest absolute Gasteiger partial charge is 0.466 e. The highest BCUT2D eigenvalue weighted by Gasteiger charge is 2.40. The van der Waals surface area contributed by atoms with Crippen LogP contribution in [0.15, 0.2) is 10.5 Å². The van der Waals surface area contributed by atoms with Gasteiger partial charge in [0.05, 0.1) is 12.2 Å². The van der Waals surface area contributed by atoms with Gasteiger partial charge in [0, 0.05) is 24.1 Å². The predicted octanol–water partition coefficient (Wildman–Crippen LogP) is 3.11. The van der Waals surface area contributed by atoms with E-state index >= 15 is 0 Å². The Bertz CT molecular complexity index is 426. The molecule has 1 N–H and O–H groups in total. The summed E-state index contributed by atoms with van der Waals surface area (Å²) in [5.41, 5.74) is 1.29. The van der Waals surface area contributed by atoms with Crippen LogP contribution in [0, 0.1) is 19.8 Å². The lowest BCUT2D eigenvalue weighted by Gasteiger charge is -2.21. The molecule has 3 heterocycles. The zero-order valence-electron chi connectivity index (χ0n) is 11.5. The van der Waals surface area contributed by atoms with Gasteiger partial charge in [0.1, 0.15) is 11.5 Å². The molecule has 100 valence electrons. The third-order valence-electron chi connectivity index (χ3n) is 4.46. The Kier molecular flexibility index (Phi) is 3.20. The fraction of sp³-hybridized carbons (Fsp3) is 0.733. The Morgan fingerprint density at radius 1 is 1.39 bits per heavy atom. The molecule has 2 aliphatic heterocycles. The first-order valence-corrected chi connectivity index (χ1v) is 7.09. The van der Waals surface area contributed by atoms with Gasteiger partial charge in [-0.25, -0.2) is 0 Å². The third-order valence-corrected chi connectivity index (χ3v) is 4.46. The fourth-order valence-corrected chi connectivity index (χ4v) is 3.48. The van der Waals surface area contributed by atoms with Crippen molar-refractivity contribution >= 4 is 0 Å². The van der Waals surface area contributed by atoms with Crippen molar-refractivity contribution in [1.29, 1.82) is 0 Å². The molecule has 0 spiro atoms. The molecule has 0 radical (unpaired) electrons. The minimum Gasteiger partial charge on any atom is -0.466 e. The summed E-state index contributed by atoms with van der Waals surface area (Å²) in [6.45, 7) is 7.32. The van der Waals surface area contributed by atoms with Gasteiger partial charge in [0.25, 0.3) is 0 Å². The van der Waals surface area contributed by atoms with E-state index < -0.39 is 0 Å². The Balaban J connectivity index is 1.55. The quantitative estimate of drug-likeness (QED) is 0.890. The molecule has 2 fully saturated rings. The summed E-state index contributed by atoms with van der Waals surface area (Å²) in [6.07, 6.45) is 4.84. The Labute approximate surface area is 109 Å². The number of rotatable bonds is 4. The van der Waals surface area contributed by atoms with Crippen molar-refractivity contribution < 1.29 is 9.15 Å². The second-order valence-corrected chi connectivity index (χ2v) is 5.87. The minimum absolute atomic E-state index is 0.363. The van der Waals surface area contributed by atoms with E-state index in [-0.39, 0.29) is 0 Å². The SMILES string of the molecule is Cc1cc(C(C)NCC2CC3CCC2O3)c(C)o1. The standard InChI is InChI=1S/C15H23NO2/c1-9-6-14(11(3)17-9)10(2)16-8-12-7-13-4-5-15(12)18-13/h6,10,12-13,15-16H,4-5,7-8H2,1-3H3. The summed E-state index contributed by atoms with van der Waals surface area (Å²) in [5.74, 6) is 2.75. The first-order valence-electron chi connectivity index (χ1n) is 7.09. The lowest BCUT2D eigenvalue weighted by atomic mass is 9.89. The first kappa shape index (κ1) is 12.2. The third kappa shape index (κ3) is 2.21. The van der Waals surface area contributed by atoms with Crippen LogP contribution in [0.5, 0.6) is 0 Å². The van der Waals surface area contributed by atoms with E-state index in [9.17, 15) is 0 Å². The highest BCUT2D eigenvalue weighted by molar-refractivity contribution is 5.23. The number of ether oxygens (including phenoxy) is 1. The average Bonchev–Trinajstić information content (AvgIpc) is 3.01. The monoisotopic (exact) mass is 249 g/mol. The van der Waals surface area contributed by atoms with Crippen LogP contribution in [0.25, 0.3) is 0 Å². The Hall–Kier alpha value is -0.800. The molecule has 0 aliphatic carbocycles. The second kappa shape index (κ2) is 4.71. The van der Waals surface area contributed by atoms with Crippen LogP contribution in [-0.4, -0.2) is 18.8 Å². The van der Waals surface area contributed by atoms with E-state index in [1.807, 2.05) is 13.8 Å². The van der Waals surface area contributed by atoms with Gasteiger partial charge >= 0.3 is 0 Å². The number of hydrogen-bond acceptors (Lipinski definition) is 3. The van der Waals surface area contributed by atoms with E-state index in [0.717, 1.165) is 18.1 Å². The van der Waals surface area contributed by atoms with Crippen LogP contribution < -0.4 is 5.32 Å². The molecular weight excluding hydrogens is 226 g/mol. The zero-order chi connectivity index (χ0) is 12.7. The van der Waals surface area contributed by atoms with Crippen molar-refractivity contribution in [2.24, 2.45) is 5.92 Å². The normalized spacial score (nSPS) is 32.1. The summed E-state index contributed by atoms with van der Waals surface area (Å²) in [5, 5.41) is 3.64. The minimum atomic E-state index is 0.363. The van der Waals surface area contributed by atoms with Crippen LogP contribution in [-0.2, 0) is 4.74 Å². The lowest BCUT2D eigenvalue weighted by molar-refractivity contribution is 0.0920. The Morgan fingerprint density at radius 2 is 2.22 bits per heavy atom. The maximum Gasteiger partial charge on any atom is 0.105 e. The van der Waals surface area contributed by atoms with Gasteiger partial charge in [-0.2, -0.15) is 0 Å². The molecule has 0 aromatic carbocycles. The topological polar surface area (TPSA) is 34.4 Å². The molecule has 4 unspecified atom stereocenters. The molecule has 4 atom stereocenters. The predicted molar refractivity (Wildman–Crippen MR) is 70.6 cm³/mol. The van der Waals surface area contributed by atoms with Gasteiger partial charge in [-0.05, 0) is 46.1 Å². The maximum absolute atomic E-state index is 5.89. The second-order valence-electron chi connectivity index (χ2n) is 5.87. The van der Waals surface area contributed by atoms with Crippen LogP contribution in [0.2, 0.25) is 0 Å². The van der Waals surface area contributed by atoms with Gasteiger partial charge < -0.3 is 14.5 Å². The van der Waals surface area contributed by atoms with Crippen LogP contribution in [0.4, 0.5) is 0 Å². The summed E-state index contributed by atoms with van der Waals surface area (Å²) >= 11 is 0. The van der Waals surface area contributed by atoms with Crippen molar-refractivity contribution in [3.05, 3.63) is 23.2 Å². The molecular formula is C15H23NO2. The number of fused-ring (bicyclic) bond motifs is 2. The number of hydrogen-bond donors (Lipinski definition) is 1. The van der Waals surface area contributed by atoms with Crippen molar-refractivity contribution in [2.45, 2.75) is 58.3 Å². The highest BCUT2D eigenvalue weighted by Crippen LogP contribution is 2.38. The van der Waals surface area contributed by atoms with E-state index in [0.29, 0.717) is 24.2 Å². The lowest BCUT2D eigenvalue weighted by Crippen LogP contribution is -2.31. The molecule has 2 bridgehead atoms. The van der Waals surface area contributed by atoms with Crippen molar-refractivity contribution in [2.75, 3.05) is 6.54 Å². The molecule has 1 aromatic heterocycles. The zero-order valence-corrected chi connectivity index (χ0v) is 11.5. The number of nitrogens with one attached hydrogen (secondary N) is 1. The molecule has 0 saturated carbocycles. The van der Waals surface area contributed by atoms with Gasteiger partial charge in [-0.15, -0.1) is 0 Å². The van der Waals surface area contributed by atoms with Gasteiger partial charge in [0.2, 0.25) is 0 Å². The molecule has 18 heavy (non-hydrogen) atoms. The summed E-state index contributed by atoms with van der Waals surface area (Å²) < 4.78 is 11.5. The van der Waals surface area contributed by atoms with Crippen molar-refractivity contribution in [3.63, 3.8) is 0 Å². The van der Waals surface area contributed by atoms with E-state index in [1.165, 1.54) is 24.8 Å². The van der Waals surface area contributed by atoms with Gasteiger partial charge in [0.15, 0.2) is 0 Å². The van der Waals surface area contributed by atoms with Crippen LogP contribution in [0.1, 0.15) is 49.3 Å². The molecule has 1 aromatic rings.